The smallest absolute Gasteiger partial charge is 0.223 e. The largest absolute Gasteiger partial charge is 0.357 e. The summed E-state index contributed by atoms with van der Waals surface area (Å²) in [7, 11) is 2.14. The van der Waals surface area contributed by atoms with Crippen molar-refractivity contribution in [3.8, 4) is 0 Å². The van der Waals surface area contributed by atoms with Crippen molar-refractivity contribution in [1.82, 2.24) is 20.9 Å². The molecule has 1 saturated carbocycles. The van der Waals surface area contributed by atoms with Crippen LogP contribution in [-0.2, 0) is 11.3 Å². The highest BCUT2D eigenvalue weighted by Crippen LogP contribution is 2.28. The first kappa shape index (κ1) is 23.7. The van der Waals surface area contributed by atoms with Crippen molar-refractivity contribution in [2.24, 2.45) is 10.9 Å². The van der Waals surface area contributed by atoms with E-state index in [9.17, 15) is 4.79 Å². The van der Waals surface area contributed by atoms with Crippen LogP contribution in [0.4, 0.5) is 0 Å². The Kier molecular flexibility index (Phi) is 12.1. The summed E-state index contributed by atoms with van der Waals surface area (Å²) in [6.45, 7) is 6.97. The summed E-state index contributed by atoms with van der Waals surface area (Å²) in [6.07, 6.45) is 3.10. The van der Waals surface area contributed by atoms with Crippen LogP contribution in [0.25, 0.3) is 0 Å². The van der Waals surface area contributed by atoms with Crippen molar-refractivity contribution in [3.05, 3.63) is 35.9 Å². The van der Waals surface area contributed by atoms with Crippen molar-refractivity contribution < 1.29 is 4.79 Å². The molecule has 1 aromatic rings. The van der Waals surface area contributed by atoms with Gasteiger partial charge in [0.15, 0.2) is 5.96 Å². The molecule has 1 aliphatic carbocycles. The predicted octanol–water partition coefficient (Wildman–Crippen LogP) is 2.21. The van der Waals surface area contributed by atoms with Gasteiger partial charge in [-0.2, -0.15) is 0 Å². The Morgan fingerprint density at radius 2 is 1.85 bits per heavy atom. The monoisotopic (exact) mass is 487 g/mol. The van der Waals surface area contributed by atoms with Crippen LogP contribution in [0.1, 0.15) is 31.7 Å². The van der Waals surface area contributed by atoms with E-state index in [4.69, 9.17) is 0 Å². The molecule has 1 aromatic carbocycles. The van der Waals surface area contributed by atoms with E-state index in [0.29, 0.717) is 13.1 Å². The number of guanidine groups is 1. The minimum atomic E-state index is 0. The fourth-order valence-corrected chi connectivity index (χ4v) is 2.70. The second-order valence-corrected chi connectivity index (χ2v) is 6.83. The molecule has 0 bridgehead atoms. The van der Waals surface area contributed by atoms with Crippen molar-refractivity contribution in [2.45, 2.75) is 32.7 Å². The van der Waals surface area contributed by atoms with Gasteiger partial charge in [-0.1, -0.05) is 30.3 Å². The second-order valence-electron chi connectivity index (χ2n) is 6.83. The quantitative estimate of drug-likeness (QED) is 0.194. The number of amides is 1. The van der Waals surface area contributed by atoms with E-state index in [2.05, 4.69) is 64.1 Å². The van der Waals surface area contributed by atoms with Gasteiger partial charge in [0, 0.05) is 38.6 Å². The lowest BCUT2D eigenvalue weighted by Gasteiger charge is -2.16. The topological polar surface area (TPSA) is 68.8 Å². The van der Waals surface area contributed by atoms with Crippen molar-refractivity contribution in [3.63, 3.8) is 0 Å². The Labute approximate surface area is 180 Å². The molecule has 1 aliphatic rings. The first-order chi connectivity index (χ1) is 12.7. The third-order valence-electron chi connectivity index (χ3n) is 4.27. The number of aliphatic imine (C=N–C) groups is 1. The summed E-state index contributed by atoms with van der Waals surface area (Å²) in [6, 6.07) is 10.5. The van der Waals surface area contributed by atoms with Crippen LogP contribution >= 0.6 is 24.0 Å². The molecule has 0 aliphatic heterocycles. The fraction of sp³-hybridized carbons (Fsp3) is 0.600. The van der Waals surface area contributed by atoms with Gasteiger partial charge in [-0.25, -0.2) is 0 Å². The maximum absolute atomic E-state index is 11.6. The number of rotatable bonds is 11. The SMILES string of the molecule is CCNC(=NCCCN(C)Cc1ccccc1)NCCNC(=O)C1CC1.I. The normalized spacial score (nSPS) is 13.8. The van der Waals surface area contributed by atoms with Crippen molar-refractivity contribution in [1.29, 1.82) is 0 Å². The van der Waals surface area contributed by atoms with Gasteiger partial charge in [0.05, 0.1) is 0 Å². The molecule has 0 atom stereocenters. The number of halogens is 1. The zero-order valence-corrected chi connectivity index (χ0v) is 18.9. The summed E-state index contributed by atoms with van der Waals surface area (Å²) in [4.78, 5) is 18.5. The first-order valence-electron chi connectivity index (χ1n) is 9.71. The highest BCUT2D eigenvalue weighted by molar-refractivity contribution is 14.0. The summed E-state index contributed by atoms with van der Waals surface area (Å²) in [5, 5.41) is 9.48. The van der Waals surface area contributed by atoms with Crippen LogP contribution < -0.4 is 16.0 Å². The van der Waals surface area contributed by atoms with E-state index in [0.717, 1.165) is 51.4 Å². The average Bonchev–Trinajstić information content (AvgIpc) is 3.48. The van der Waals surface area contributed by atoms with E-state index in [1.807, 2.05) is 6.07 Å². The molecule has 2 rings (SSSR count). The van der Waals surface area contributed by atoms with Crippen LogP contribution in [0, 0.1) is 5.92 Å². The third-order valence-corrected chi connectivity index (χ3v) is 4.27. The molecule has 152 valence electrons. The number of carbonyl (C=O) groups excluding carboxylic acids is 1. The van der Waals surface area contributed by atoms with Crippen LogP contribution in [0.3, 0.4) is 0 Å². The molecule has 6 nitrogen and oxygen atoms in total. The van der Waals surface area contributed by atoms with E-state index >= 15 is 0 Å². The summed E-state index contributed by atoms with van der Waals surface area (Å²) in [5.74, 6) is 1.28. The molecule has 0 aromatic heterocycles. The van der Waals surface area contributed by atoms with Gasteiger partial charge in [-0.3, -0.25) is 9.79 Å². The van der Waals surface area contributed by atoms with E-state index in [1.54, 1.807) is 0 Å². The molecule has 0 heterocycles. The molecular formula is C20H34IN5O. The van der Waals surface area contributed by atoms with Crippen LogP contribution in [0.5, 0.6) is 0 Å². The van der Waals surface area contributed by atoms with Crippen LogP contribution in [0.2, 0.25) is 0 Å². The minimum Gasteiger partial charge on any atom is -0.357 e. The Morgan fingerprint density at radius 3 is 2.52 bits per heavy atom. The molecule has 3 N–H and O–H groups in total. The molecule has 0 unspecified atom stereocenters. The number of hydrogen-bond donors (Lipinski definition) is 3. The van der Waals surface area contributed by atoms with Gasteiger partial charge in [-0.05, 0) is 45.3 Å². The number of benzene rings is 1. The van der Waals surface area contributed by atoms with Gasteiger partial charge in [0.1, 0.15) is 0 Å². The minimum absolute atomic E-state index is 0. The Bertz CT molecular complexity index is 563. The molecule has 1 fully saturated rings. The van der Waals surface area contributed by atoms with Gasteiger partial charge < -0.3 is 20.9 Å². The summed E-state index contributed by atoms with van der Waals surface area (Å²) < 4.78 is 0. The lowest BCUT2D eigenvalue weighted by Crippen LogP contribution is -2.41. The summed E-state index contributed by atoms with van der Waals surface area (Å²) >= 11 is 0. The highest BCUT2D eigenvalue weighted by Gasteiger charge is 2.28. The van der Waals surface area contributed by atoms with E-state index in [1.165, 1.54) is 5.56 Å². The predicted molar refractivity (Wildman–Crippen MR) is 123 cm³/mol. The van der Waals surface area contributed by atoms with Gasteiger partial charge >= 0.3 is 0 Å². The molecule has 7 heteroatoms. The summed E-state index contributed by atoms with van der Waals surface area (Å²) in [5.41, 5.74) is 1.33. The van der Waals surface area contributed by atoms with Crippen LogP contribution in [0.15, 0.2) is 35.3 Å². The zero-order valence-electron chi connectivity index (χ0n) is 16.5. The highest BCUT2D eigenvalue weighted by atomic mass is 127. The molecule has 1 amide bonds. The lowest BCUT2D eigenvalue weighted by atomic mass is 10.2. The number of nitrogens with one attached hydrogen (secondary N) is 3. The van der Waals surface area contributed by atoms with Crippen LogP contribution in [-0.4, -0.2) is 56.5 Å². The molecule has 0 spiro atoms. The Balaban J connectivity index is 0.00000364. The molecular weight excluding hydrogens is 453 g/mol. The van der Waals surface area contributed by atoms with Gasteiger partial charge in [-0.15, -0.1) is 24.0 Å². The zero-order chi connectivity index (χ0) is 18.6. The van der Waals surface area contributed by atoms with Crippen molar-refractivity contribution >= 4 is 35.8 Å². The van der Waals surface area contributed by atoms with Gasteiger partial charge in [0.25, 0.3) is 0 Å². The van der Waals surface area contributed by atoms with E-state index in [-0.39, 0.29) is 35.8 Å². The molecule has 0 saturated heterocycles. The molecule has 27 heavy (non-hydrogen) atoms. The number of nitrogens with zero attached hydrogens (tertiary/aromatic N) is 2. The standard InChI is InChI=1S/C20H33N5O.HI/c1-3-21-20(24-14-13-22-19(26)18-10-11-18)23-12-7-15-25(2)16-17-8-5-4-6-9-17;/h4-6,8-9,18H,3,7,10-16H2,1-2H3,(H,22,26)(H2,21,23,24);1H. The third kappa shape index (κ3) is 10.5. The Hall–Kier alpha value is -1.35. The maximum atomic E-state index is 11.6. The Morgan fingerprint density at radius 1 is 1.15 bits per heavy atom. The van der Waals surface area contributed by atoms with Crippen molar-refractivity contribution in [2.75, 3.05) is 39.8 Å². The maximum Gasteiger partial charge on any atom is 0.223 e. The van der Waals surface area contributed by atoms with E-state index < -0.39 is 0 Å². The lowest BCUT2D eigenvalue weighted by molar-refractivity contribution is -0.122. The van der Waals surface area contributed by atoms with Gasteiger partial charge in [0.2, 0.25) is 5.91 Å². The number of carbonyl (C=O) groups is 1. The average molecular weight is 487 g/mol. The second kappa shape index (κ2) is 13.8. The molecule has 0 radical (unpaired) electrons. The fourth-order valence-electron chi connectivity index (χ4n) is 2.70. The number of hydrogen-bond acceptors (Lipinski definition) is 3. The first-order valence-corrected chi connectivity index (χ1v) is 9.71.